The van der Waals surface area contributed by atoms with Crippen molar-refractivity contribution >= 4 is 17.3 Å². The van der Waals surface area contributed by atoms with Crippen molar-refractivity contribution in [1.29, 1.82) is 0 Å². The molecule has 0 radical (unpaired) electrons. The van der Waals surface area contributed by atoms with Gasteiger partial charge in [-0.25, -0.2) is 4.98 Å². The number of benzene rings is 1. The largest absolute Gasteiger partial charge is 0.493 e. The van der Waals surface area contributed by atoms with Crippen LogP contribution in [0.4, 0.5) is 0 Å². The number of thiazole rings is 1. The Hall–Kier alpha value is -2.32. The van der Waals surface area contributed by atoms with Crippen molar-refractivity contribution in [3.8, 4) is 11.5 Å². The normalized spacial score (nSPS) is 12.6. The average molecular weight is 407 g/mol. The van der Waals surface area contributed by atoms with Crippen molar-refractivity contribution in [1.82, 2.24) is 15.2 Å². The summed E-state index contributed by atoms with van der Waals surface area (Å²) in [5, 5.41) is 6.42. The van der Waals surface area contributed by atoms with Gasteiger partial charge in [0.2, 0.25) is 0 Å². The summed E-state index contributed by atoms with van der Waals surface area (Å²) in [6.07, 6.45) is 0.0103. The fourth-order valence-corrected chi connectivity index (χ4v) is 3.51. The lowest BCUT2D eigenvalue weighted by Gasteiger charge is -2.21. The van der Waals surface area contributed by atoms with Crippen molar-refractivity contribution in [3.63, 3.8) is 0 Å². The molecule has 0 bridgehead atoms. The predicted molar refractivity (Wildman–Crippen MR) is 113 cm³/mol. The molecule has 0 aliphatic rings. The molecule has 0 amide bonds. The van der Waals surface area contributed by atoms with Crippen LogP contribution in [0.15, 0.2) is 28.6 Å². The number of rotatable bonds is 9. The Balaban J connectivity index is 1.97. The molecule has 0 saturated heterocycles. The van der Waals surface area contributed by atoms with E-state index in [1.807, 2.05) is 44.0 Å². The van der Waals surface area contributed by atoms with E-state index in [0.29, 0.717) is 19.7 Å². The van der Waals surface area contributed by atoms with E-state index in [9.17, 15) is 0 Å². The van der Waals surface area contributed by atoms with Gasteiger partial charge < -0.3 is 24.4 Å². The molecule has 7 nitrogen and oxygen atoms in total. The van der Waals surface area contributed by atoms with Crippen molar-refractivity contribution < 1.29 is 14.2 Å². The van der Waals surface area contributed by atoms with E-state index in [1.165, 1.54) is 0 Å². The van der Waals surface area contributed by atoms with Crippen molar-refractivity contribution in [2.24, 2.45) is 4.99 Å². The molecule has 1 aromatic carbocycles. The van der Waals surface area contributed by atoms with Gasteiger partial charge in [0.05, 0.1) is 26.0 Å². The Morgan fingerprint density at radius 1 is 1.32 bits per heavy atom. The van der Waals surface area contributed by atoms with Crippen LogP contribution < -0.4 is 14.8 Å². The van der Waals surface area contributed by atoms with E-state index < -0.39 is 0 Å². The summed E-state index contributed by atoms with van der Waals surface area (Å²) < 4.78 is 16.3. The maximum atomic E-state index is 5.57. The van der Waals surface area contributed by atoms with Gasteiger partial charge in [0.1, 0.15) is 11.1 Å². The van der Waals surface area contributed by atoms with Gasteiger partial charge in [0, 0.05) is 33.1 Å². The van der Waals surface area contributed by atoms with Crippen LogP contribution in [-0.2, 0) is 17.8 Å². The first kappa shape index (κ1) is 22.0. The van der Waals surface area contributed by atoms with Gasteiger partial charge in [-0.15, -0.1) is 11.3 Å². The zero-order valence-corrected chi connectivity index (χ0v) is 18.3. The molecule has 154 valence electrons. The third kappa shape index (κ3) is 5.84. The van der Waals surface area contributed by atoms with Crippen LogP contribution in [-0.4, -0.2) is 50.8 Å². The molecule has 0 spiro atoms. The molecule has 28 heavy (non-hydrogen) atoms. The fraction of sp³-hybridized carbons (Fsp3) is 0.500. The number of methoxy groups -OCH3 is 2. The van der Waals surface area contributed by atoms with Gasteiger partial charge in [-0.2, -0.15) is 0 Å². The average Bonchev–Trinajstić information content (AvgIpc) is 3.17. The Kier molecular flexibility index (Phi) is 8.53. The Labute approximate surface area is 171 Å². The highest BCUT2D eigenvalue weighted by atomic mass is 32.1. The van der Waals surface area contributed by atoms with Crippen LogP contribution in [0.5, 0.6) is 11.5 Å². The first-order valence-corrected chi connectivity index (χ1v) is 10.1. The summed E-state index contributed by atoms with van der Waals surface area (Å²) in [5.74, 6) is 2.27. The summed E-state index contributed by atoms with van der Waals surface area (Å²) in [7, 11) is 7.11. The minimum atomic E-state index is 0.0103. The number of nitrogens with one attached hydrogen (secondary N) is 1. The summed E-state index contributed by atoms with van der Waals surface area (Å²) in [6, 6.07) is 5.93. The molecule has 0 aliphatic heterocycles. The van der Waals surface area contributed by atoms with Gasteiger partial charge in [0.15, 0.2) is 17.5 Å². The lowest BCUT2D eigenvalue weighted by atomic mass is 10.2. The van der Waals surface area contributed by atoms with Crippen molar-refractivity contribution in [3.05, 3.63) is 39.8 Å². The Bertz CT molecular complexity index is 779. The molecular formula is C20H30N4O3S. The molecule has 1 atom stereocenters. The quantitative estimate of drug-likeness (QED) is 0.508. The van der Waals surface area contributed by atoms with Gasteiger partial charge >= 0.3 is 0 Å². The van der Waals surface area contributed by atoms with E-state index in [2.05, 4.69) is 20.7 Å². The van der Waals surface area contributed by atoms with Gasteiger partial charge in [-0.05, 0) is 31.5 Å². The summed E-state index contributed by atoms with van der Waals surface area (Å²) >= 11 is 1.61. The van der Waals surface area contributed by atoms with Gasteiger partial charge in [-0.3, -0.25) is 4.99 Å². The third-order valence-electron chi connectivity index (χ3n) is 4.22. The number of aliphatic imine (C=N–C) groups is 1. The number of hydrogen-bond acceptors (Lipinski definition) is 6. The zero-order chi connectivity index (χ0) is 20.5. The highest BCUT2D eigenvalue weighted by molar-refractivity contribution is 7.09. The van der Waals surface area contributed by atoms with Crippen LogP contribution in [0.1, 0.15) is 36.2 Å². The molecule has 2 aromatic rings. The number of guanidine groups is 1. The lowest BCUT2D eigenvalue weighted by Crippen LogP contribution is -2.38. The zero-order valence-electron chi connectivity index (χ0n) is 17.5. The first-order chi connectivity index (χ1) is 13.5. The van der Waals surface area contributed by atoms with Crippen LogP contribution in [0.2, 0.25) is 0 Å². The molecule has 1 N–H and O–H groups in total. The summed E-state index contributed by atoms with van der Waals surface area (Å²) in [4.78, 5) is 11.1. The van der Waals surface area contributed by atoms with E-state index in [-0.39, 0.29) is 6.10 Å². The topological polar surface area (TPSA) is 68.2 Å². The van der Waals surface area contributed by atoms with E-state index in [0.717, 1.165) is 33.7 Å². The van der Waals surface area contributed by atoms with E-state index in [1.54, 1.807) is 32.6 Å². The molecule has 8 heteroatoms. The summed E-state index contributed by atoms with van der Waals surface area (Å²) in [5.41, 5.74) is 2.08. The number of hydrogen-bond donors (Lipinski definition) is 1. The lowest BCUT2D eigenvalue weighted by molar-refractivity contribution is 0.119. The Morgan fingerprint density at radius 3 is 2.75 bits per heavy atom. The van der Waals surface area contributed by atoms with E-state index in [4.69, 9.17) is 14.2 Å². The van der Waals surface area contributed by atoms with Crippen LogP contribution in [0, 0.1) is 0 Å². The second-order valence-electron chi connectivity index (χ2n) is 6.23. The SMILES string of the molecule is CCOc1ccc(CNC(=NC)N(C)Cc2csc(C(C)OC)n2)cc1OC. The number of aromatic nitrogens is 1. The van der Waals surface area contributed by atoms with Gasteiger partial charge in [-0.1, -0.05) is 6.07 Å². The third-order valence-corrected chi connectivity index (χ3v) is 5.28. The minimum absolute atomic E-state index is 0.0103. The van der Waals surface area contributed by atoms with Crippen LogP contribution in [0.25, 0.3) is 0 Å². The highest BCUT2D eigenvalue weighted by Crippen LogP contribution is 2.28. The van der Waals surface area contributed by atoms with Crippen molar-refractivity contribution in [2.75, 3.05) is 34.9 Å². The summed E-state index contributed by atoms with van der Waals surface area (Å²) in [6.45, 7) is 5.85. The first-order valence-electron chi connectivity index (χ1n) is 9.20. The molecule has 0 saturated carbocycles. The Morgan fingerprint density at radius 2 is 2.11 bits per heavy atom. The number of ether oxygens (including phenoxy) is 3. The van der Waals surface area contributed by atoms with Crippen LogP contribution >= 0.6 is 11.3 Å². The molecule has 2 rings (SSSR count). The van der Waals surface area contributed by atoms with Gasteiger partial charge in [0.25, 0.3) is 0 Å². The molecule has 1 unspecified atom stereocenters. The fourth-order valence-electron chi connectivity index (χ4n) is 2.66. The molecule has 0 fully saturated rings. The highest BCUT2D eigenvalue weighted by Gasteiger charge is 2.13. The van der Waals surface area contributed by atoms with Crippen molar-refractivity contribution in [2.45, 2.75) is 33.0 Å². The maximum Gasteiger partial charge on any atom is 0.194 e. The van der Waals surface area contributed by atoms with E-state index >= 15 is 0 Å². The monoisotopic (exact) mass is 406 g/mol. The smallest absolute Gasteiger partial charge is 0.194 e. The maximum absolute atomic E-state index is 5.57. The molecule has 1 heterocycles. The minimum Gasteiger partial charge on any atom is -0.493 e. The molecule has 1 aromatic heterocycles. The molecular weight excluding hydrogens is 376 g/mol. The second-order valence-corrected chi connectivity index (χ2v) is 7.12. The molecule has 0 aliphatic carbocycles. The van der Waals surface area contributed by atoms with Crippen LogP contribution in [0.3, 0.4) is 0 Å². The second kappa shape index (κ2) is 10.9. The predicted octanol–water partition coefficient (Wildman–Crippen LogP) is 3.47. The standard InChI is InChI=1S/C20H30N4O3S/c1-7-27-17-9-8-15(10-18(17)26-6)11-22-20(21-3)24(4)12-16-13-28-19(23-16)14(2)25-5/h8-10,13-14H,7,11-12H2,1-6H3,(H,21,22). The number of nitrogens with zero attached hydrogens (tertiary/aromatic N) is 3.